The Morgan fingerprint density at radius 1 is 1.23 bits per heavy atom. The van der Waals surface area contributed by atoms with Crippen LogP contribution in [0.4, 0.5) is 0 Å². The number of methoxy groups -OCH3 is 1. The predicted octanol–water partition coefficient (Wildman–Crippen LogP) is 2.53. The van der Waals surface area contributed by atoms with Crippen molar-refractivity contribution in [1.29, 1.82) is 0 Å². The monoisotopic (exact) mass is 457 g/mol. The number of hydrogen-bond acceptors (Lipinski definition) is 8. The molecule has 0 saturated carbocycles. The van der Waals surface area contributed by atoms with E-state index in [0.717, 1.165) is 18.9 Å². The van der Waals surface area contributed by atoms with Gasteiger partial charge in [0.15, 0.2) is 0 Å². The molecule has 0 bridgehead atoms. The lowest BCUT2D eigenvalue weighted by molar-refractivity contribution is 0.0438. The van der Waals surface area contributed by atoms with Crippen LogP contribution >= 0.6 is 11.6 Å². The highest BCUT2D eigenvalue weighted by molar-refractivity contribution is 7.89. The Morgan fingerprint density at radius 3 is 2.73 bits per heavy atom. The molecule has 1 atom stereocenters. The van der Waals surface area contributed by atoms with Crippen LogP contribution in [0.25, 0.3) is 0 Å². The third kappa shape index (κ3) is 5.39. The highest BCUT2D eigenvalue weighted by atomic mass is 35.5. The number of ether oxygens (including phenoxy) is 3. The molecule has 162 valence electrons. The molecule has 11 heteroatoms. The van der Waals surface area contributed by atoms with E-state index < -0.39 is 22.0 Å². The molecule has 3 rings (SSSR count). The number of furan rings is 1. The van der Waals surface area contributed by atoms with Crippen LogP contribution in [0, 0.1) is 0 Å². The Kier molecular flexibility index (Phi) is 7.14. The zero-order chi connectivity index (χ0) is 21.7. The van der Waals surface area contributed by atoms with Crippen molar-refractivity contribution in [2.24, 2.45) is 0 Å². The number of sulfonamides is 1. The number of carbonyl (C=O) groups is 2. The molecular formula is C19H20ClNO8S. The van der Waals surface area contributed by atoms with E-state index in [2.05, 4.69) is 9.46 Å². The molecule has 1 aliphatic rings. The van der Waals surface area contributed by atoms with Crippen molar-refractivity contribution < 1.29 is 36.6 Å². The summed E-state index contributed by atoms with van der Waals surface area (Å²) in [6.07, 6.45) is 1.47. The van der Waals surface area contributed by atoms with Crippen LogP contribution in [-0.4, -0.2) is 46.7 Å². The summed E-state index contributed by atoms with van der Waals surface area (Å²) < 4.78 is 47.9. The van der Waals surface area contributed by atoms with Crippen molar-refractivity contribution in [2.75, 3.05) is 20.3 Å². The van der Waals surface area contributed by atoms with Gasteiger partial charge in [0, 0.05) is 13.2 Å². The van der Waals surface area contributed by atoms with Crippen molar-refractivity contribution in [1.82, 2.24) is 4.72 Å². The van der Waals surface area contributed by atoms with Gasteiger partial charge in [0.1, 0.15) is 17.3 Å². The Labute approximate surface area is 178 Å². The van der Waals surface area contributed by atoms with Crippen LogP contribution in [-0.2, 0) is 30.8 Å². The van der Waals surface area contributed by atoms with Crippen LogP contribution in [0.15, 0.2) is 39.6 Å². The number of carbonyl (C=O) groups excluding carboxylic acids is 2. The standard InChI is InChI=1S/C19H20ClNO8S/c1-26-19(23)16-7-5-14(29-16)11-28-18(22)12-4-6-15(20)17(9-12)30(24,25)21-10-13-3-2-8-27-13/h4-7,9,13,21H,2-3,8,10-11H2,1H3. The number of esters is 2. The van der Waals surface area contributed by atoms with Gasteiger partial charge in [-0.2, -0.15) is 0 Å². The molecule has 1 unspecified atom stereocenters. The van der Waals surface area contributed by atoms with Gasteiger partial charge in [0.25, 0.3) is 0 Å². The third-order valence-electron chi connectivity index (χ3n) is 4.38. The Hall–Kier alpha value is -2.40. The van der Waals surface area contributed by atoms with Gasteiger partial charge in [-0.15, -0.1) is 0 Å². The summed E-state index contributed by atoms with van der Waals surface area (Å²) in [6.45, 7) is 0.470. The van der Waals surface area contributed by atoms with Gasteiger partial charge in [-0.1, -0.05) is 11.6 Å². The topological polar surface area (TPSA) is 121 Å². The van der Waals surface area contributed by atoms with Crippen LogP contribution in [0.2, 0.25) is 5.02 Å². The summed E-state index contributed by atoms with van der Waals surface area (Å²) in [7, 11) is -2.74. The number of halogens is 1. The van der Waals surface area contributed by atoms with E-state index in [1.807, 2.05) is 0 Å². The van der Waals surface area contributed by atoms with Crippen LogP contribution < -0.4 is 4.72 Å². The first-order chi connectivity index (χ1) is 14.3. The van der Waals surface area contributed by atoms with Crippen molar-refractivity contribution >= 4 is 33.6 Å². The predicted molar refractivity (Wildman–Crippen MR) is 105 cm³/mol. The maximum atomic E-state index is 12.6. The van der Waals surface area contributed by atoms with E-state index in [0.29, 0.717) is 6.61 Å². The average molecular weight is 458 g/mol. The molecule has 2 heterocycles. The first-order valence-corrected chi connectivity index (χ1v) is 10.9. The lowest BCUT2D eigenvalue weighted by Crippen LogP contribution is -2.32. The second kappa shape index (κ2) is 9.61. The van der Waals surface area contributed by atoms with E-state index in [1.165, 1.54) is 31.4 Å². The minimum absolute atomic E-state index is 0.00311. The Bertz CT molecular complexity index is 1030. The molecule has 1 aromatic heterocycles. The maximum Gasteiger partial charge on any atom is 0.373 e. The SMILES string of the molecule is COC(=O)c1ccc(COC(=O)c2ccc(Cl)c(S(=O)(=O)NCC3CCCO3)c2)o1. The third-order valence-corrected chi connectivity index (χ3v) is 6.28. The van der Waals surface area contributed by atoms with E-state index in [9.17, 15) is 18.0 Å². The van der Waals surface area contributed by atoms with Gasteiger partial charge in [0.2, 0.25) is 15.8 Å². The summed E-state index contributed by atoms with van der Waals surface area (Å²) in [6, 6.07) is 6.66. The zero-order valence-electron chi connectivity index (χ0n) is 16.1. The fourth-order valence-electron chi connectivity index (χ4n) is 2.81. The van der Waals surface area contributed by atoms with Crippen molar-refractivity contribution in [2.45, 2.75) is 30.4 Å². The molecule has 1 saturated heterocycles. The van der Waals surface area contributed by atoms with E-state index in [-0.39, 0.29) is 46.3 Å². The molecule has 0 aliphatic carbocycles. The van der Waals surface area contributed by atoms with Gasteiger partial charge in [-0.3, -0.25) is 0 Å². The van der Waals surface area contributed by atoms with Crippen molar-refractivity contribution in [3.05, 3.63) is 52.4 Å². The minimum atomic E-state index is -3.95. The molecule has 0 spiro atoms. The highest BCUT2D eigenvalue weighted by Gasteiger charge is 2.24. The van der Waals surface area contributed by atoms with Crippen molar-refractivity contribution in [3.8, 4) is 0 Å². The summed E-state index contributed by atoms with van der Waals surface area (Å²) in [4.78, 5) is 23.5. The second-order valence-corrected chi connectivity index (χ2v) is 8.61. The van der Waals surface area contributed by atoms with Gasteiger partial charge in [-0.05, 0) is 43.2 Å². The normalized spacial score (nSPS) is 16.4. The van der Waals surface area contributed by atoms with Crippen molar-refractivity contribution in [3.63, 3.8) is 0 Å². The van der Waals surface area contributed by atoms with E-state index in [1.54, 1.807) is 0 Å². The largest absolute Gasteiger partial charge is 0.463 e. The van der Waals surface area contributed by atoms with Crippen LogP contribution in [0.3, 0.4) is 0 Å². The Balaban J connectivity index is 1.66. The lowest BCUT2D eigenvalue weighted by Gasteiger charge is -2.13. The molecule has 1 N–H and O–H groups in total. The summed E-state index contributed by atoms with van der Waals surface area (Å²) >= 11 is 6.04. The lowest BCUT2D eigenvalue weighted by atomic mass is 10.2. The summed E-state index contributed by atoms with van der Waals surface area (Å²) in [5.41, 5.74) is -0.00311. The van der Waals surface area contributed by atoms with Gasteiger partial charge in [-0.25, -0.2) is 22.7 Å². The first-order valence-electron chi connectivity index (χ1n) is 9.05. The molecule has 1 aliphatic heterocycles. The Morgan fingerprint density at radius 2 is 2.03 bits per heavy atom. The van der Waals surface area contributed by atoms with Gasteiger partial charge >= 0.3 is 11.9 Å². The molecule has 9 nitrogen and oxygen atoms in total. The van der Waals surface area contributed by atoms with Crippen LogP contribution in [0.5, 0.6) is 0 Å². The first kappa shape index (κ1) is 22.3. The minimum Gasteiger partial charge on any atom is -0.463 e. The number of rotatable bonds is 8. The molecule has 1 aromatic carbocycles. The smallest absolute Gasteiger partial charge is 0.373 e. The van der Waals surface area contributed by atoms with E-state index in [4.69, 9.17) is 25.5 Å². The second-order valence-electron chi connectivity index (χ2n) is 6.47. The average Bonchev–Trinajstić information content (AvgIpc) is 3.42. The molecular weight excluding hydrogens is 438 g/mol. The molecule has 0 amide bonds. The molecule has 2 aromatic rings. The summed E-state index contributed by atoms with van der Waals surface area (Å²) in [5, 5.41) is -0.0276. The number of nitrogens with one attached hydrogen (secondary N) is 1. The molecule has 0 radical (unpaired) electrons. The molecule has 30 heavy (non-hydrogen) atoms. The van der Waals surface area contributed by atoms with Gasteiger partial charge in [0.05, 0.1) is 23.8 Å². The van der Waals surface area contributed by atoms with Crippen LogP contribution in [0.1, 0.15) is 39.5 Å². The number of hydrogen-bond donors (Lipinski definition) is 1. The van der Waals surface area contributed by atoms with Gasteiger partial charge < -0.3 is 18.6 Å². The number of benzene rings is 1. The quantitative estimate of drug-likeness (QED) is 0.600. The highest BCUT2D eigenvalue weighted by Crippen LogP contribution is 2.24. The molecule has 1 fully saturated rings. The maximum absolute atomic E-state index is 12.6. The fourth-order valence-corrected chi connectivity index (χ4v) is 4.40. The van der Waals surface area contributed by atoms with E-state index >= 15 is 0 Å². The zero-order valence-corrected chi connectivity index (χ0v) is 17.6. The summed E-state index contributed by atoms with van der Waals surface area (Å²) in [5.74, 6) is -1.24. The fraction of sp³-hybridized carbons (Fsp3) is 0.368.